The number of carbonyl (C=O) groups excluding carboxylic acids is 2. The van der Waals surface area contributed by atoms with Gasteiger partial charge in [0.2, 0.25) is 5.91 Å². The molecule has 0 radical (unpaired) electrons. The van der Waals surface area contributed by atoms with Gasteiger partial charge in [0, 0.05) is 34.7 Å². The van der Waals surface area contributed by atoms with Crippen molar-refractivity contribution in [2.24, 2.45) is 0 Å². The predicted octanol–water partition coefficient (Wildman–Crippen LogP) is 3.87. The third kappa shape index (κ3) is 5.79. The lowest BCUT2D eigenvalue weighted by Gasteiger charge is -2.07. The maximum atomic E-state index is 12.2. The molecule has 2 aromatic carbocycles. The van der Waals surface area contributed by atoms with Gasteiger partial charge in [-0.3, -0.25) is 9.59 Å². The van der Waals surface area contributed by atoms with Crippen molar-refractivity contribution >= 4 is 44.8 Å². The van der Waals surface area contributed by atoms with E-state index in [1.165, 1.54) is 13.1 Å². The Morgan fingerprint density at radius 1 is 0.960 bits per heavy atom. The maximum Gasteiger partial charge on any atom is 0.267 e. The Morgan fingerprint density at radius 2 is 1.48 bits per heavy atom. The fraction of sp³-hybridized carbons (Fsp3) is 0.0556. The van der Waals surface area contributed by atoms with E-state index >= 15 is 0 Å². The number of benzene rings is 2. The van der Waals surface area contributed by atoms with Gasteiger partial charge in [0.25, 0.3) is 5.91 Å². The molecule has 0 aliphatic rings. The minimum Gasteiger partial charge on any atom is -0.360 e. The lowest BCUT2D eigenvalue weighted by atomic mass is 10.2. The van der Waals surface area contributed by atoms with E-state index in [0.29, 0.717) is 11.4 Å². The van der Waals surface area contributed by atoms with Crippen LogP contribution in [0.1, 0.15) is 6.92 Å². The Balaban J connectivity index is 2.01. The Hall–Kier alpha value is -3.11. The quantitative estimate of drug-likeness (QED) is 0.526. The van der Waals surface area contributed by atoms with E-state index in [4.69, 9.17) is 5.26 Å². The number of hydrogen-bond acceptors (Lipinski definition) is 4. The van der Waals surface area contributed by atoms with E-state index in [-0.39, 0.29) is 11.5 Å². The summed E-state index contributed by atoms with van der Waals surface area (Å²) in [4.78, 5) is 23.1. The zero-order chi connectivity index (χ0) is 18.2. The average Bonchev–Trinajstić information content (AvgIpc) is 2.58. The summed E-state index contributed by atoms with van der Waals surface area (Å²) in [6, 6.07) is 15.8. The highest BCUT2D eigenvalue weighted by Gasteiger charge is 2.09. The molecule has 0 atom stereocenters. The fourth-order valence-corrected chi connectivity index (χ4v) is 2.15. The minimum atomic E-state index is -0.528. The Labute approximate surface area is 153 Å². The summed E-state index contributed by atoms with van der Waals surface area (Å²) in [5.41, 5.74) is 1.83. The lowest BCUT2D eigenvalue weighted by molar-refractivity contribution is -0.114. The van der Waals surface area contributed by atoms with Crippen molar-refractivity contribution in [1.82, 2.24) is 0 Å². The van der Waals surface area contributed by atoms with Crippen LogP contribution in [-0.2, 0) is 9.59 Å². The Morgan fingerprint density at radius 3 is 2.00 bits per heavy atom. The van der Waals surface area contributed by atoms with Gasteiger partial charge in [-0.25, -0.2) is 0 Å². The molecule has 0 unspecified atom stereocenters. The second kappa shape index (κ2) is 8.66. The van der Waals surface area contributed by atoms with Gasteiger partial charge in [-0.2, -0.15) is 5.26 Å². The highest BCUT2D eigenvalue weighted by molar-refractivity contribution is 9.10. The summed E-state index contributed by atoms with van der Waals surface area (Å²) in [7, 11) is 0. The molecule has 0 heterocycles. The summed E-state index contributed by atoms with van der Waals surface area (Å²) in [6.07, 6.45) is 1.35. The third-order valence-electron chi connectivity index (χ3n) is 3.06. The van der Waals surface area contributed by atoms with Crippen molar-refractivity contribution in [1.29, 1.82) is 5.26 Å². The van der Waals surface area contributed by atoms with Gasteiger partial charge in [-0.1, -0.05) is 15.9 Å². The Bertz CT molecular complexity index is 837. The average molecular weight is 399 g/mol. The molecule has 0 bridgehead atoms. The molecular weight excluding hydrogens is 384 g/mol. The molecule has 0 fully saturated rings. The number of nitrogens with one attached hydrogen (secondary N) is 3. The van der Waals surface area contributed by atoms with Crippen molar-refractivity contribution in [2.45, 2.75) is 6.92 Å². The molecule has 2 amide bonds. The number of rotatable bonds is 5. The Kier molecular flexibility index (Phi) is 6.32. The summed E-state index contributed by atoms with van der Waals surface area (Å²) in [5.74, 6) is -0.704. The van der Waals surface area contributed by atoms with Gasteiger partial charge in [-0.15, -0.1) is 0 Å². The molecule has 0 aliphatic carbocycles. The maximum absolute atomic E-state index is 12.2. The van der Waals surface area contributed by atoms with Gasteiger partial charge >= 0.3 is 0 Å². The van der Waals surface area contributed by atoms with Crippen LogP contribution in [0, 0.1) is 11.3 Å². The number of halogens is 1. The van der Waals surface area contributed by atoms with Crippen LogP contribution < -0.4 is 16.0 Å². The zero-order valence-electron chi connectivity index (χ0n) is 13.3. The summed E-state index contributed by atoms with van der Waals surface area (Å²) in [5, 5.41) is 17.3. The molecule has 0 spiro atoms. The van der Waals surface area contributed by atoms with Crippen molar-refractivity contribution in [2.75, 3.05) is 16.0 Å². The number of anilines is 3. The van der Waals surface area contributed by atoms with Gasteiger partial charge in [-0.05, 0) is 48.5 Å². The SMILES string of the molecule is CC(=O)Nc1ccc(NC(=O)/C(C#N)=C\Nc2ccc(Br)cc2)cc1. The zero-order valence-corrected chi connectivity index (χ0v) is 14.9. The van der Waals surface area contributed by atoms with E-state index in [0.717, 1.165) is 10.2 Å². The van der Waals surface area contributed by atoms with Gasteiger partial charge < -0.3 is 16.0 Å². The third-order valence-corrected chi connectivity index (χ3v) is 3.58. The molecule has 3 N–H and O–H groups in total. The predicted molar refractivity (Wildman–Crippen MR) is 101 cm³/mol. The molecule has 2 aromatic rings. The smallest absolute Gasteiger partial charge is 0.267 e. The van der Waals surface area contributed by atoms with E-state index in [2.05, 4.69) is 31.9 Å². The van der Waals surface area contributed by atoms with Crippen LogP contribution in [0.2, 0.25) is 0 Å². The monoisotopic (exact) mass is 398 g/mol. The first kappa shape index (κ1) is 18.2. The number of carbonyl (C=O) groups is 2. The van der Waals surface area contributed by atoms with Crippen LogP contribution in [0.15, 0.2) is 64.8 Å². The van der Waals surface area contributed by atoms with Gasteiger partial charge in [0.15, 0.2) is 0 Å². The molecule has 0 aliphatic heterocycles. The molecule has 2 rings (SSSR count). The molecular formula is C18H15BrN4O2. The second-order valence-electron chi connectivity index (χ2n) is 5.03. The van der Waals surface area contributed by atoms with Crippen LogP contribution in [0.4, 0.5) is 17.1 Å². The first-order chi connectivity index (χ1) is 12.0. The molecule has 0 aromatic heterocycles. The molecule has 25 heavy (non-hydrogen) atoms. The van der Waals surface area contributed by atoms with Crippen molar-refractivity contribution < 1.29 is 9.59 Å². The van der Waals surface area contributed by atoms with E-state index in [1.54, 1.807) is 24.3 Å². The van der Waals surface area contributed by atoms with Crippen molar-refractivity contribution in [3.8, 4) is 6.07 Å². The van der Waals surface area contributed by atoms with Crippen molar-refractivity contribution in [3.05, 3.63) is 64.8 Å². The van der Waals surface area contributed by atoms with E-state index in [1.807, 2.05) is 30.3 Å². The normalized spacial score (nSPS) is 10.5. The van der Waals surface area contributed by atoms with Crippen LogP contribution in [-0.4, -0.2) is 11.8 Å². The topological polar surface area (TPSA) is 94.0 Å². The van der Waals surface area contributed by atoms with Crippen molar-refractivity contribution in [3.63, 3.8) is 0 Å². The van der Waals surface area contributed by atoms with E-state index in [9.17, 15) is 9.59 Å². The first-order valence-electron chi connectivity index (χ1n) is 7.29. The van der Waals surface area contributed by atoms with Crippen LogP contribution in [0.5, 0.6) is 0 Å². The van der Waals surface area contributed by atoms with E-state index < -0.39 is 5.91 Å². The summed E-state index contributed by atoms with van der Waals surface area (Å²) in [6.45, 7) is 1.41. The molecule has 0 saturated heterocycles. The summed E-state index contributed by atoms with van der Waals surface area (Å²) >= 11 is 3.33. The standard InChI is InChI=1S/C18H15BrN4O2/c1-12(24)22-16-6-8-17(9-7-16)23-18(25)13(10-20)11-21-15-4-2-14(19)3-5-15/h2-9,11,21H,1H3,(H,22,24)(H,23,25)/b13-11-. The largest absolute Gasteiger partial charge is 0.360 e. The molecule has 126 valence electrons. The molecule has 7 heteroatoms. The second-order valence-corrected chi connectivity index (χ2v) is 5.95. The fourth-order valence-electron chi connectivity index (χ4n) is 1.89. The number of nitriles is 1. The number of hydrogen-bond donors (Lipinski definition) is 3. The van der Waals surface area contributed by atoms with Crippen LogP contribution in [0.3, 0.4) is 0 Å². The minimum absolute atomic E-state index is 0.0612. The molecule has 6 nitrogen and oxygen atoms in total. The molecule has 0 saturated carbocycles. The summed E-state index contributed by atoms with van der Waals surface area (Å²) < 4.78 is 0.933. The lowest BCUT2D eigenvalue weighted by Crippen LogP contribution is -2.14. The first-order valence-corrected chi connectivity index (χ1v) is 8.08. The van der Waals surface area contributed by atoms with Crippen LogP contribution >= 0.6 is 15.9 Å². The number of amides is 2. The van der Waals surface area contributed by atoms with Gasteiger partial charge in [0.1, 0.15) is 11.6 Å². The highest BCUT2D eigenvalue weighted by Crippen LogP contribution is 2.16. The van der Waals surface area contributed by atoms with Gasteiger partial charge in [0.05, 0.1) is 0 Å². The highest BCUT2D eigenvalue weighted by atomic mass is 79.9. The van der Waals surface area contributed by atoms with Crippen LogP contribution in [0.25, 0.3) is 0 Å². The number of nitrogens with zero attached hydrogens (tertiary/aromatic N) is 1.